The lowest BCUT2D eigenvalue weighted by Gasteiger charge is -2.15. The van der Waals surface area contributed by atoms with E-state index in [1.54, 1.807) is 0 Å². The molecule has 0 fully saturated rings. The SMILES string of the molecule is CC(C)C[C@@H](NCc1ccc(-c2cccc(Br)c2)o1)C(=O)O. The summed E-state index contributed by atoms with van der Waals surface area (Å²) in [6, 6.07) is 11.1. The number of carbonyl (C=O) groups is 1. The number of benzene rings is 1. The number of nitrogens with one attached hydrogen (secondary N) is 1. The molecular formula is C17H20BrNO3. The summed E-state index contributed by atoms with van der Waals surface area (Å²) >= 11 is 3.44. The van der Waals surface area contributed by atoms with E-state index in [4.69, 9.17) is 4.42 Å². The molecule has 0 amide bonds. The van der Waals surface area contributed by atoms with E-state index in [9.17, 15) is 9.90 Å². The Morgan fingerprint density at radius 1 is 1.32 bits per heavy atom. The van der Waals surface area contributed by atoms with Gasteiger partial charge < -0.3 is 9.52 Å². The highest BCUT2D eigenvalue weighted by molar-refractivity contribution is 9.10. The van der Waals surface area contributed by atoms with Crippen molar-refractivity contribution < 1.29 is 14.3 Å². The first-order chi connectivity index (χ1) is 10.5. The monoisotopic (exact) mass is 365 g/mol. The van der Waals surface area contributed by atoms with Gasteiger partial charge in [0.2, 0.25) is 0 Å². The van der Waals surface area contributed by atoms with Crippen LogP contribution in [0.25, 0.3) is 11.3 Å². The molecule has 5 heteroatoms. The molecule has 1 heterocycles. The van der Waals surface area contributed by atoms with Crippen molar-refractivity contribution in [3.63, 3.8) is 0 Å². The van der Waals surface area contributed by atoms with Crippen molar-refractivity contribution in [3.05, 3.63) is 46.6 Å². The predicted octanol–water partition coefficient (Wildman–Crippen LogP) is 4.30. The van der Waals surface area contributed by atoms with Gasteiger partial charge in [-0.25, -0.2) is 0 Å². The van der Waals surface area contributed by atoms with E-state index in [1.807, 2.05) is 50.2 Å². The van der Waals surface area contributed by atoms with E-state index in [-0.39, 0.29) is 0 Å². The molecule has 0 saturated carbocycles. The van der Waals surface area contributed by atoms with Crippen LogP contribution in [0.2, 0.25) is 0 Å². The van der Waals surface area contributed by atoms with Crippen LogP contribution in [-0.4, -0.2) is 17.1 Å². The summed E-state index contributed by atoms with van der Waals surface area (Å²) in [6.45, 7) is 4.42. The van der Waals surface area contributed by atoms with Crippen molar-refractivity contribution in [1.29, 1.82) is 0 Å². The third-order valence-electron chi connectivity index (χ3n) is 3.30. The third-order valence-corrected chi connectivity index (χ3v) is 3.79. The first kappa shape index (κ1) is 16.8. The Morgan fingerprint density at radius 3 is 2.73 bits per heavy atom. The van der Waals surface area contributed by atoms with E-state index < -0.39 is 12.0 Å². The van der Waals surface area contributed by atoms with Gasteiger partial charge in [-0.3, -0.25) is 10.1 Å². The summed E-state index contributed by atoms with van der Waals surface area (Å²) in [5.74, 6) is 0.994. The third kappa shape index (κ3) is 4.71. The van der Waals surface area contributed by atoms with Crippen molar-refractivity contribution in [2.75, 3.05) is 0 Å². The highest BCUT2D eigenvalue weighted by Gasteiger charge is 2.18. The zero-order valence-electron chi connectivity index (χ0n) is 12.7. The van der Waals surface area contributed by atoms with Crippen LogP contribution in [0.4, 0.5) is 0 Å². The number of rotatable bonds is 7. The second-order valence-electron chi connectivity index (χ2n) is 5.68. The van der Waals surface area contributed by atoms with Crippen molar-refractivity contribution in [2.45, 2.75) is 32.9 Å². The number of carboxylic acid groups (broad SMARTS) is 1. The van der Waals surface area contributed by atoms with Crippen LogP contribution >= 0.6 is 15.9 Å². The van der Waals surface area contributed by atoms with Crippen molar-refractivity contribution >= 4 is 21.9 Å². The average molecular weight is 366 g/mol. The molecule has 22 heavy (non-hydrogen) atoms. The fourth-order valence-corrected chi connectivity index (χ4v) is 2.64. The van der Waals surface area contributed by atoms with Gasteiger partial charge in [-0.05, 0) is 36.6 Å². The molecule has 0 unspecified atom stereocenters. The van der Waals surface area contributed by atoms with Crippen LogP contribution in [-0.2, 0) is 11.3 Å². The molecular weight excluding hydrogens is 346 g/mol. The molecule has 0 radical (unpaired) electrons. The number of carboxylic acids is 1. The molecule has 2 aromatic rings. The van der Waals surface area contributed by atoms with Gasteiger partial charge in [0.05, 0.1) is 6.54 Å². The van der Waals surface area contributed by atoms with E-state index in [2.05, 4.69) is 21.2 Å². The first-order valence-corrected chi connectivity index (χ1v) is 8.06. The van der Waals surface area contributed by atoms with Crippen LogP contribution < -0.4 is 5.32 Å². The second kappa shape index (κ2) is 7.61. The van der Waals surface area contributed by atoms with Gasteiger partial charge >= 0.3 is 5.97 Å². The molecule has 2 rings (SSSR count). The zero-order valence-corrected chi connectivity index (χ0v) is 14.3. The van der Waals surface area contributed by atoms with E-state index >= 15 is 0 Å². The molecule has 1 aromatic heterocycles. The maximum Gasteiger partial charge on any atom is 0.320 e. The maximum absolute atomic E-state index is 11.2. The predicted molar refractivity (Wildman–Crippen MR) is 89.6 cm³/mol. The normalized spacial score (nSPS) is 12.5. The summed E-state index contributed by atoms with van der Waals surface area (Å²) < 4.78 is 6.77. The van der Waals surface area contributed by atoms with Gasteiger partial charge in [-0.2, -0.15) is 0 Å². The Balaban J connectivity index is 2.01. The minimum atomic E-state index is -0.826. The molecule has 4 nitrogen and oxygen atoms in total. The summed E-state index contributed by atoms with van der Waals surface area (Å²) in [7, 11) is 0. The van der Waals surface area contributed by atoms with Crippen LogP contribution in [0.15, 0.2) is 45.3 Å². The van der Waals surface area contributed by atoms with Crippen LogP contribution in [0, 0.1) is 5.92 Å². The Bertz CT molecular complexity index is 636. The molecule has 0 saturated heterocycles. The van der Waals surface area contributed by atoms with Gasteiger partial charge in [0.25, 0.3) is 0 Å². The topological polar surface area (TPSA) is 62.5 Å². The van der Waals surface area contributed by atoms with E-state index in [0.717, 1.165) is 21.6 Å². The summed E-state index contributed by atoms with van der Waals surface area (Å²) in [5.41, 5.74) is 0.984. The number of hydrogen-bond acceptors (Lipinski definition) is 3. The largest absolute Gasteiger partial charge is 0.480 e. The molecule has 118 valence electrons. The van der Waals surface area contributed by atoms with Gasteiger partial charge in [-0.1, -0.05) is 41.9 Å². The summed E-state index contributed by atoms with van der Waals surface area (Å²) in [6.07, 6.45) is 0.592. The lowest BCUT2D eigenvalue weighted by Crippen LogP contribution is -2.37. The maximum atomic E-state index is 11.2. The minimum absolute atomic E-state index is 0.322. The second-order valence-corrected chi connectivity index (χ2v) is 6.59. The number of hydrogen-bond donors (Lipinski definition) is 2. The molecule has 2 N–H and O–H groups in total. The van der Waals surface area contributed by atoms with E-state index in [0.29, 0.717) is 18.9 Å². The molecule has 0 aliphatic rings. The average Bonchev–Trinajstić information content (AvgIpc) is 2.91. The Morgan fingerprint density at radius 2 is 2.09 bits per heavy atom. The zero-order chi connectivity index (χ0) is 16.1. The van der Waals surface area contributed by atoms with Crippen molar-refractivity contribution in [3.8, 4) is 11.3 Å². The fraction of sp³-hybridized carbons (Fsp3) is 0.353. The van der Waals surface area contributed by atoms with Crippen molar-refractivity contribution in [2.24, 2.45) is 5.92 Å². The highest BCUT2D eigenvalue weighted by atomic mass is 79.9. The summed E-state index contributed by atoms with van der Waals surface area (Å²) in [4.78, 5) is 11.2. The van der Waals surface area contributed by atoms with E-state index in [1.165, 1.54) is 0 Å². The molecule has 1 atom stereocenters. The lowest BCUT2D eigenvalue weighted by molar-refractivity contribution is -0.140. The first-order valence-electron chi connectivity index (χ1n) is 7.26. The number of aliphatic carboxylic acids is 1. The number of halogens is 1. The molecule has 0 spiro atoms. The lowest BCUT2D eigenvalue weighted by atomic mass is 10.0. The molecule has 1 aromatic carbocycles. The number of furan rings is 1. The molecule has 0 aliphatic carbocycles. The van der Waals surface area contributed by atoms with Gasteiger partial charge in [0.1, 0.15) is 17.6 Å². The molecule has 0 bridgehead atoms. The highest BCUT2D eigenvalue weighted by Crippen LogP contribution is 2.25. The standard InChI is InChI=1S/C17H20BrNO3/c1-11(2)8-15(17(20)21)19-10-14-6-7-16(22-14)12-4-3-5-13(18)9-12/h3-7,9,11,15,19H,8,10H2,1-2H3,(H,20,21)/t15-/m1/s1. The Hall–Kier alpha value is -1.59. The van der Waals surface area contributed by atoms with Crippen LogP contribution in [0.1, 0.15) is 26.0 Å². The fourth-order valence-electron chi connectivity index (χ4n) is 2.24. The van der Waals surface area contributed by atoms with Gasteiger partial charge in [-0.15, -0.1) is 0 Å². The van der Waals surface area contributed by atoms with Crippen molar-refractivity contribution in [1.82, 2.24) is 5.32 Å². The molecule has 0 aliphatic heterocycles. The summed E-state index contributed by atoms with van der Waals surface area (Å²) in [5, 5.41) is 12.3. The van der Waals surface area contributed by atoms with Crippen LogP contribution in [0.5, 0.6) is 0 Å². The Labute approximate surface area is 138 Å². The van der Waals surface area contributed by atoms with Gasteiger partial charge in [0.15, 0.2) is 0 Å². The quantitative estimate of drug-likeness (QED) is 0.767. The van der Waals surface area contributed by atoms with Gasteiger partial charge in [0, 0.05) is 10.0 Å². The van der Waals surface area contributed by atoms with Crippen LogP contribution in [0.3, 0.4) is 0 Å². The minimum Gasteiger partial charge on any atom is -0.480 e. The smallest absolute Gasteiger partial charge is 0.320 e. The Kier molecular flexibility index (Phi) is 5.80.